The van der Waals surface area contributed by atoms with Gasteiger partial charge in [0.05, 0.1) is 23.5 Å². The summed E-state index contributed by atoms with van der Waals surface area (Å²) in [6, 6.07) is 12.8. The molecule has 0 unspecified atom stereocenters. The van der Waals surface area contributed by atoms with Gasteiger partial charge in [-0.15, -0.1) is 0 Å². The number of anilines is 1. The molecular formula is C17H12N4O2. The van der Waals surface area contributed by atoms with Gasteiger partial charge in [0.1, 0.15) is 6.26 Å². The summed E-state index contributed by atoms with van der Waals surface area (Å²) in [6.07, 6.45) is 4.81. The Kier molecular flexibility index (Phi) is 3.12. The van der Waals surface area contributed by atoms with Crippen molar-refractivity contribution in [2.24, 2.45) is 0 Å². The monoisotopic (exact) mass is 304 g/mol. The zero-order valence-corrected chi connectivity index (χ0v) is 12.0. The highest BCUT2D eigenvalue weighted by atomic mass is 16.3. The van der Waals surface area contributed by atoms with Crippen molar-refractivity contribution >= 4 is 22.5 Å². The third-order valence-electron chi connectivity index (χ3n) is 3.54. The van der Waals surface area contributed by atoms with Gasteiger partial charge < -0.3 is 9.73 Å². The average Bonchev–Trinajstić information content (AvgIpc) is 3.26. The quantitative estimate of drug-likeness (QED) is 0.607. The molecule has 0 spiro atoms. The smallest absolute Gasteiger partial charge is 0.257 e. The molecule has 0 aliphatic carbocycles. The lowest BCUT2D eigenvalue weighted by atomic mass is 10.1. The maximum atomic E-state index is 12.4. The van der Waals surface area contributed by atoms with Crippen molar-refractivity contribution in [2.75, 3.05) is 5.32 Å². The molecule has 0 radical (unpaired) electrons. The summed E-state index contributed by atoms with van der Waals surface area (Å²) >= 11 is 0. The summed E-state index contributed by atoms with van der Waals surface area (Å²) in [5.41, 5.74) is 2.82. The molecule has 0 fully saturated rings. The minimum absolute atomic E-state index is 0.191. The molecule has 0 aliphatic heterocycles. The summed E-state index contributed by atoms with van der Waals surface area (Å²) in [5.74, 6) is 0.355. The summed E-state index contributed by atoms with van der Waals surface area (Å²) in [5, 5.41) is 10.6. The second-order valence-corrected chi connectivity index (χ2v) is 5.01. The number of amides is 1. The van der Waals surface area contributed by atoms with E-state index in [1.54, 1.807) is 18.5 Å². The zero-order valence-electron chi connectivity index (χ0n) is 12.0. The molecule has 6 heteroatoms. The van der Waals surface area contributed by atoms with Crippen LogP contribution < -0.4 is 5.32 Å². The molecule has 4 rings (SSSR count). The lowest BCUT2D eigenvalue weighted by Gasteiger charge is -2.06. The van der Waals surface area contributed by atoms with Crippen LogP contribution in [0.15, 0.2) is 65.5 Å². The van der Waals surface area contributed by atoms with Crippen LogP contribution in [0.3, 0.4) is 0 Å². The number of carbonyl (C=O) groups is 1. The SMILES string of the molecule is O=C(Nc1ccc(-c2ncco2)cc1)c1cccc2cn[nH]c12. The molecule has 112 valence electrons. The first-order chi connectivity index (χ1) is 11.3. The van der Waals surface area contributed by atoms with Gasteiger partial charge in [-0.3, -0.25) is 9.89 Å². The van der Waals surface area contributed by atoms with E-state index >= 15 is 0 Å². The maximum Gasteiger partial charge on any atom is 0.257 e. The molecule has 2 N–H and O–H groups in total. The van der Waals surface area contributed by atoms with Crippen molar-refractivity contribution in [2.45, 2.75) is 0 Å². The molecule has 0 aliphatic rings. The Hall–Kier alpha value is -3.41. The lowest BCUT2D eigenvalue weighted by Crippen LogP contribution is -2.12. The average molecular weight is 304 g/mol. The Labute approximate surface area is 131 Å². The molecule has 4 aromatic rings. The van der Waals surface area contributed by atoms with E-state index in [9.17, 15) is 4.79 Å². The highest BCUT2D eigenvalue weighted by Crippen LogP contribution is 2.21. The number of fused-ring (bicyclic) bond motifs is 1. The van der Waals surface area contributed by atoms with E-state index in [0.717, 1.165) is 16.5 Å². The molecule has 2 aromatic heterocycles. The molecule has 2 aromatic carbocycles. The summed E-state index contributed by atoms with van der Waals surface area (Å²) in [6.45, 7) is 0. The van der Waals surface area contributed by atoms with Crippen molar-refractivity contribution in [1.82, 2.24) is 15.2 Å². The second-order valence-electron chi connectivity index (χ2n) is 5.01. The van der Waals surface area contributed by atoms with Crippen LogP contribution in [0.5, 0.6) is 0 Å². The number of hydrogen-bond acceptors (Lipinski definition) is 4. The highest BCUT2D eigenvalue weighted by Gasteiger charge is 2.11. The van der Waals surface area contributed by atoms with Crippen molar-refractivity contribution in [3.05, 3.63) is 66.7 Å². The Balaban J connectivity index is 1.58. The number of aromatic amines is 1. The Morgan fingerprint density at radius 2 is 2.00 bits per heavy atom. The first-order valence-electron chi connectivity index (χ1n) is 7.04. The fourth-order valence-corrected chi connectivity index (χ4v) is 2.42. The van der Waals surface area contributed by atoms with E-state index in [1.807, 2.05) is 36.4 Å². The van der Waals surface area contributed by atoms with Crippen LogP contribution in [0.25, 0.3) is 22.4 Å². The molecule has 2 heterocycles. The standard InChI is InChI=1S/C17H12N4O2/c22-16(14-3-1-2-12-10-19-21-15(12)14)20-13-6-4-11(5-7-13)17-18-8-9-23-17/h1-10H,(H,19,21)(H,20,22). The molecule has 0 saturated carbocycles. The fourth-order valence-electron chi connectivity index (χ4n) is 2.42. The van der Waals surface area contributed by atoms with Crippen LogP contribution in [0, 0.1) is 0 Å². The van der Waals surface area contributed by atoms with E-state index in [4.69, 9.17) is 4.42 Å². The number of rotatable bonds is 3. The third-order valence-corrected chi connectivity index (χ3v) is 3.54. The van der Waals surface area contributed by atoms with Gasteiger partial charge in [-0.25, -0.2) is 4.98 Å². The van der Waals surface area contributed by atoms with Crippen molar-refractivity contribution in [3.8, 4) is 11.5 Å². The van der Waals surface area contributed by atoms with Gasteiger partial charge in [0.2, 0.25) is 5.89 Å². The first-order valence-corrected chi connectivity index (χ1v) is 7.04. The molecule has 0 atom stereocenters. The summed E-state index contributed by atoms with van der Waals surface area (Å²) in [7, 11) is 0. The van der Waals surface area contributed by atoms with E-state index in [0.29, 0.717) is 17.1 Å². The third kappa shape index (κ3) is 2.46. The predicted octanol–water partition coefficient (Wildman–Crippen LogP) is 3.47. The minimum atomic E-state index is -0.191. The molecule has 0 saturated heterocycles. The Morgan fingerprint density at radius 3 is 2.78 bits per heavy atom. The van der Waals surface area contributed by atoms with Gasteiger partial charge >= 0.3 is 0 Å². The topological polar surface area (TPSA) is 83.8 Å². The van der Waals surface area contributed by atoms with E-state index in [2.05, 4.69) is 20.5 Å². The zero-order chi connectivity index (χ0) is 15.6. The van der Waals surface area contributed by atoms with Gasteiger partial charge in [-0.2, -0.15) is 5.10 Å². The van der Waals surface area contributed by atoms with Gasteiger partial charge in [0.25, 0.3) is 5.91 Å². The predicted molar refractivity (Wildman–Crippen MR) is 86.0 cm³/mol. The first kappa shape index (κ1) is 13.3. The van der Waals surface area contributed by atoms with Crippen LogP contribution in [-0.4, -0.2) is 21.1 Å². The molecular weight excluding hydrogens is 292 g/mol. The molecule has 6 nitrogen and oxygen atoms in total. The molecule has 1 amide bonds. The number of nitrogens with zero attached hydrogens (tertiary/aromatic N) is 2. The minimum Gasteiger partial charge on any atom is -0.445 e. The number of para-hydroxylation sites is 1. The molecule has 23 heavy (non-hydrogen) atoms. The number of aromatic nitrogens is 3. The van der Waals surface area contributed by atoms with Crippen LogP contribution in [0.1, 0.15) is 10.4 Å². The highest BCUT2D eigenvalue weighted by molar-refractivity contribution is 6.11. The number of carbonyl (C=O) groups excluding carboxylic acids is 1. The van der Waals surface area contributed by atoms with E-state index in [-0.39, 0.29) is 5.91 Å². The van der Waals surface area contributed by atoms with Crippen LogP contribution in [0.4, 0.5) is 5.69 Å². The van der Waals surface area contributed by atoms with Crippen LogP contribution >= 0.6 is 0 Å². The summed E-state index contributed by atoms with van der Waals surface area (Å²) in [4.78, 5) is 16.5. The number of oxazole rings is 1. The second kappa shape index (κ2) is 5.42. The number of hydrogen-bond donors (Lipinski definition) is 2. The lowest BCUT2D eigenvalue weighted by molar-refractivity contribution is 0.102. The van der Waals surface area contributed by atoms with Crippen LogP contribution in [0.2, 0.25) is 0 Å². The normalized spacial score (nSPS) is 10.8. The fraction of sp³-hybridized carbons (Fsp3) is 0. The van der Waals surface area contributed by atoms with Gasteiger partial charge in [0, 0.05) is 16.6 Å². The Morgan fingerprint density at radius 1 is 1.13 bits per heavy atom. The number of nitrogens with one attached hydrogen (secondary N) is 2. The number of benzene rings is 2. The van der Waals surface area contributed by atoms with E-state index < -0.39 is 0 Å². The van der Waals surface area contributed by atoms with E-state index in [1.165, 1.54) is 6.26 Å². The van der Waals surface area contributed by atoms with Crippen molar-refractivity contribution in [1.29, 1.82) is 0 Å². The van der Waals surface area contributed by atoms with Gasteiger partial charge in [0.15, 0.2) is 0 Å². The van der Waals surface area contributed by atoms with Gasteiger partial charge in [-0.1, -0.05) is 12.1 Å². The Bertz CT molecular complexity index is 956. The number of H-pyrrole nitrogens is 1. The van der Waals surface area contributed by atoms with Crippen molar-refractivity contribution in [3.63, 3.8) is 0 Å². The van der Waals surface area contributed by atoms with Crippen LogP contribution in [-0.2, 0) is 0 Å². The summed E-state index contributed by atoms with van der Waals surface area (Å²) < 4.78 is 5.24. The van der Waals surface area contributed by atoms with Crippen molar-refractivity contribution < 1.29 is 9.21 Å². The molecule has 0 bridgehead atoms. The maximum absolute atomic E-state index is 12.4. The largest absolute Gasteiger partial charge is 0.445 e. The van der Waals surface area contributed by atoms with Gasteiger partial charge in [-0.05, 0) is 30.3 Å².